The number of nitrogens with zero attached hydrogens (tertiary/aromatic N) is 1. The summed E-state index contributed by atoms with van der Waals surface area (Å²) in [5.41, 5.74) is 0.199. The van der Waals surface area contributed by atoms with Crippen molar-refractivity contribution in [1.82, 2.24) is 4.90 Å². The zero-order valence-electron chi connectivity index (χ0n) is 12.4. The largest absolute Gasteiger partial charge is 0.491 e. The molecule has 1 saturated heterocycles. The van der Waals surface area contributed by atoms with Crippen molar-refractivity contribution in [1.29, 1.82) is 0 Å². The third-order valence-corrected chi connectivity index (χ3v) is 4.10. The third kappa shape index (κ3) is 4.44. The number of carboxylic acids is 1. The molecular weight excluding hydrogens is 270 g/mol. The quantitative estimate of drug-likeness (QED) is 0.837. The maximum atomic E-state index is 11.1. The number of hydrogen-bond acceptors (Lipinski definition) is 4. The van der Waals surface area contributed by atoms with Gasteiger partial charge in [0.25, 0.3) is 0 Å². The van der Waals surface area contributed by atoms with Gasteiger partial charge in [0.15, 0.2) is 0 Å². The highest BCUT2D eigenvalue weighted by molar-refractivity contribution is 5.90. The number of rotatable bonds is 6. The molecule has 116 valence electrons. The zero-order valence-corrected chi connectivity index (χ0v) is 12.4. The van der Waals surface area contributed by atoms with Gasteiger partial charge in [-0.05, 0) is 50.9 Å². The van der Waals surface area contributed by atoms with Gasteiger partial charge in [-0.3, -0.25) is 4.90 Å². The number of piperidine rings is 1. The summed E-state index contributed by atoms with van der Waals surface area (Å²) in [7, 11) is 0. The van der Waals surface area contributed by atoms with E-state index in [1.807, 2.05) is 6.92 Å². The van der Waals surface area contributed by atoms with E-state index in [2.05, 4.69) is 4.90 Å². The molecule has 1 aliphatic rings. The van der Waals surface area contributed by atoms with Crippen molar-refractivity contribution in [3.05, 3.63) is 29.8 Å². The number of aromatic carboxylic acids is 1. The van der Waals surface area contributed by atoms with Gasteiger partial charge in [0.1, 0.15) is 17.9 Å². The molecule has 5 heteroatoms. The molecule has 1 heterocycles. The molecule has 21 heavy (non-hydrogen) atoms. The normalized spacial score (nSPS) is 18.4. The average molecular weight is 293 g/mol. The molecule has 0 bridgehead atoms. The molecule has 0 saturated carbocycles. The minimum Gasteiger partial charge on any atom is -0.491 e. The summed E-state index contributed by atoms with van der Waals surface area (Å²) >= 11 is 0. The Bertz CT molecular complexity index is 467. The van der Waals surface area contributed by atoms with Crippen LogP contribution in [0.3, 0.4) is 0 Å². The van der Waals surface area contributed by atoms with Crippen molar-refractivity contribution < 1.29 is 19.7 Å². The van der Waals surface area contributed by atoms with Crippen LogP contribution in [-0.2, 0) is 0 Å². The molecule has 2 rings (SSSR count). The second-order valence-electron chi connectivity index (χ2n) is 5.57. The van der Waals surface area contributed by atoms with E-state index in [1.54, 1.807) is 24.3 Å². The molecule has 0 amide bonds. The Hall–Kier alpha value is -1.59. The molecule has 1 aromatic rings. The average Bonchev–Trinajstić information content (AvgIpc) is 2.48. The SMILES string of the molecule is CC(O)C1CCN(CCOc2ccccc2C(=O)O)CC1. The molecule has 0 aliphatic carbocycles. The van der Waals surface area contributed by atoms with Crippen LogP contribution in [-0.4, -0.2) is 53.4 Å². The van der Waals surface area contributed by atoms with Crippen LogP contribution < -0.4 is 4.74 Å². The molecule has 2 N–H and O–H groups in total. The van der Waals surface area contributed by atoms with E-state index in [0.717, 1.165) is 32.5 Å². The van der Waals surface area contributed by atoms with Crippen molar-refractivity contribution in [3.63, 3.8) is 0 Å². The van der Waals surface area contributed by atoms with Gasteiger partial charge in [-0.2, -0.15) is 0 Å². The first kappa shape index (κ1) is 15.8. The number of carbonyl (C=O) groups is 1. The van der Waals surface area contributed by atoms with Crippen LogP contribution in [0.5, 0.6) is 5.75 Å². The maximum absolute atomic E-state index is 11.1. The number of ether oxygens (including phenoxy) is 1. The van der Waals surface area contributed by atoms with E-state index in [1.165, 1.54) is 0 Å². The monoisotopic (exact) mass is 293 g/mol. The topological polar surface area (TPSA) is 70.0 Å². The number of likely N-dealkylation sites (tertiary alicyclic amines) is 1. The maximum Gasteiger partial charge on any atom is 0.339 e. The lowest BCUT2D eigenvalue weighted by Gasteiger charge is -2.33. The summed E-state index contributed by atoms with van der Waals surface area (Å²) in [5.74, 6) is -0.151. The Morgan fingerprint density at radius 1 is 1.38 bits per heavy atom. The van der Waals surface area contributed by atoms with Crippen LogP contribution in [0.4, 0.5) is 0 Å². The van der Waals surface area contributed by atoms with Gasteiger partial charge in [0, 0.05) is 6.54 Å². The minimum atomic E-state index is -0.969. The molecule has 0 spiro atoms. The summed E-state index contributed by atoms with van der Waals surface area (Å²) in [6, 6.07) is 6.70. The predicted molar refractivity (Wildman–Crippen MR) is 79.7 cm³/mol. The fourth-order valence-corrected chi connectivity index (χ4v) is 2.71. The molecule has 0 aromatic heterocycles. The van der Waals surface area contributed by atoms with Gasteiger partial charge >= 0.3 is 5.97 Å². The molecule has 1 unspecified atom stereocenters. The summed E-state index contributed by atoms with van der Waals surface area (Å²) in [4.78, 5) is 13.4. The number of benzene rings is 1. The number of carboxylic acid groups (broad SMARTS) is 1. The van der Waals surface area contributed by atoms with Gasteiger partial charge in [-0.1, -0.05) is 12.1 Å². The summed E-state index contributed by atoms with van der Waals surface area (Å²) < 4.78 is 5.60. The van der Waals surface area contributed by atoms with Gasteiger partial charge < -0.3 is 14.9 Å². The standard InChI is InChI=1S/C16H23NO4/c1-12(18)13-6-8-17(9-7-13)10-11-21-15-5-3-2-4-14(15)16(19)20/h2-5,12-13,18H,6-11H2,1H3,(H,19,20). The summed E-state index contributed by atoms with van der Waals surface area (Å²) in [6.07, 6.45) is 1.78. The second-order valence-corrected chi connectivity index (χ2v) is 5.57. The van der Waals surface area contributed by atoms with E-state index in [9.17, 15) is 9.90 Å². The number of aliphatic hydroxyl groups is 1. The van der Waals surface area contributed by atoms with E-state index in [4.69, 9.17) is 9.84 Å². The Morgan fingerprint density at radius 2 is 2.05 bits per heavy atom. The molecule has 1 aliphatic heterocycles. The van der Waals surface area contributed by atoms with Crippen LogP contribution in [0.1, 0.15) is 30.1 Å². The Labute approximate surface area is 125 Å². The van der Waals surface area contributed by atoms with Crippen LogP contribution in [0.25, 0.3) is 0 Å². The van der Waals surface area contributed by atoms with Gasteiger partial charge in [-0.15, -0.1) is 0 Å². The molecule has 1 atom stereocenters. The fourth-order valence-electron chi connectivity index (χ4n) is 2.71. The number of aliphatic hydroxyl groups excluding tert-OH is 1. The fraction of sp³-hybridized carbons (Fsp3) is 0.562. The van der Waals surface area contributed by atoms with Crippen molar-refractivity contribution in [2.75, 3.05) is 26.2 Å². The first-order chi connectivity index (χ1) is 10.1. The number of para-hydroxylation sites is 1. The highest BCUT2D eigenvalue weighted by Gasteiger charge is 2.22. The van der Waals surface area contributed by atoms with Crippen LogP contribution in [0.2, 0.25) is 0 Å². The van der Waals surface area contributed by atoms with Crippen LogP contribution >= 0.6 is 0 Å². The van der Waals surface area contributed by atoms with Crippen LogP contribution in [0, 0.1) is 5.92 Å². The van der Waals surface area contributed by atoms with Crippen molar-refractivity contribution in [2.24, 2.45) is 5.92 Å². The lowest BCUT2D eigenvalue weighted by Crippen LogP contribution is -2.39. The molecule has 1 fully saturated rings. The first-order valence-electron chi connectivity index (χ1n) is 7.43. The van der Waals surface area contributed by atoms with E-state index in [0.29, 0.717) is 18.3 Å². The third-order valence-electron chi connectivity index (χ3n) is 4.10. The van der Waals surface area contributed by atoms with E-state index in [-0.39, 0.29) is 11.7 Å². The summed E-state index contributed by atoms with van der Waals surface area (Å²) in [5, 5.41) is 18.7. The van der Waals surface area contributed by atoms with E-state index < -0.39 is 5.97 Å². The zero-order chi connectivity index (χ0) is 15.2. The lowest BCUT2D eigenvalue weighted by atomic mass is 9.92. The molecular formula is C16H23NO4. The van der Waals surface area contributed by atoms with E-state index >= 15 is 0 Å². The molecule has 0 radical (unpaired) electrons. The lowest BCUT2D eigenvalue weighted by molar-refractivity contribution is 0.0662. The predicted octanol–water partition coefficient (Wildman–Crippen LogP) is 1.86. The summed E-state index contributed by atoms with van der Waals surface area (Å²) in [6.45, 7) is 5.02. The highest BCUT2D eigenvalue weighted by atomic mass is 16.5. The Kier molecular flexibility index (Phi) is 5.59. The first-order valence-corrected chi connectivity index (χ1v) is 7.43. The highest BCUT2D eigenvalue weighted by Crippen LogP contribution is 2.21. The second kappa shape index (κ2) is 7.43. The van der Waals surface area contributed by atoms with Gasteiger partial charge in [0.2, 0.25) is 0 Å². The number of hydrogen-bond donors (Lipinski definition) is 2. The van der Waals surface area contributed by atoms with Gasteiger partial charge in [-0.25, -0.2) is 4.79 Å². The Morgan fingerprint density at radius 3 is 2.67 bits per heavy atom. The van der Waals surface area contributed by atoms with Gasteiger partial charge in [0.05, 0.1) is 6.10 Å². The van der Waals surface area contributed by atoms with Crippen molar-refractivity contribution in [2.45, 2.75) is 25.9 Å². The van der Waals surface area contributed by atoms with Crippen molar-refractivity contribution >= 4 is 5.97 Å². The smallest absolute Gasteiger partial charge is 0.339 e. The van der Waals surface area contributed by atoms with Crippen LogP contribution in [0.15, 0.2) is 24.3 Å². The Balaban J connectivity index is 1.77. The molecule has 5 nitrogen and oxygen atoms in total. The molecule has 1 aromatic carbocycles. The van der Waals surface area contributed by atoms with Crippen molar-refractivity contribution in [3.8, 4) is 5.75 Å². The minimum absolute atomic E-state index is 0.199.